The van der Waals surface area contributed by atoms with Gasteiger partial charge in [0.05, 0.1) is 7.11 Å². The summed E-state index contributed by atoms with van der Waals surface area (Å²) in [4.78, 5) is 4.17. The number of nitrogens with zero attached hydrogens (tertiary/aromatic N) is 1. The predicted molar refractivity (Wildman–Crippen MR) is 100 cm³/mol. The molecule has 1 saturated heterocycles. The molecule has 1 aliphatic rings. The Morgan fingerprint density at radius 2 is 2.12 bits per heavy atom. The number of ether oxygens (including phenoxy) is 3. The van der Waals surface area contributed by atoms with E-state index in [0.717, 1.165) is 57.8 Å². The molecule has 0 radical (unpaired) electrons. The van der Waals surface area contributed by atoms with Gasteiger partial charge in [-0.25, -0.2) is 4.39 Å². The van der Waals surface area contributed by atoms with Crippen molar-refractivity contribution >= 4 is 5.96 Å². The van der Waals surface area contributed by atoms with Crippen LogP contribution in [0.2, 0.25) is 0 Å². The van der Waals surface area contributed by atoms with Crippen molar-refractivity contribution in [3.05, 3.63) is 29.6 Å². The summed E-state index contributed by atoms with van der Waals surface area (Å²) < 4.78 is 29.7. The zero-order chi connectivity index (χ0) is 18.6. The van der Waals surface area contributed by atoms with Gasteiger partial charge < -0.3 is 24.8 Å². The van der Waals surface area contributed by atoms with Gasteiger partial charge in [0.25, 0.3) is 0 Å². The highest BCUT2D eigenvalue weighted by atomic mass is 19.1. The summed E-state index contributed by atoms with van der Waals surface area (Å²) in [5, 5.41) is 6.41. The molecule has 2 rings (SSSR count). The van der Waals surface area contributed by atoms with Crippen molar-refractivity contribution in [2.45, 2.75) is 25.8 Å². The van der Waals surface area contributed by atoms with E-state index < -0.39 is 0 Å². The third kappa shape index (κ3) is 7.17. The zero-order valence-electron chi connectivity index (χ0n) is 15.7. The fourth-order valence-electron chi connectivity index (χ4n) is 2.77. The van der Waals surface area contributed by atoms with Gasteiger partial charge in [-0.2, -0.15) is 0 Å². The molecular formula is C19H30FN3O3. The number of rotatable bonds is 9. The Bertz CT molecular complexity index is 563. The highest BCUT2D eigenvalue weighted by Gasteiger charge is 2.13. The number of halogens is 1. The van der Waals surface area contributed by atoms with Crippen LogP contribution in [0, 0.1) is 11.7 Å². The zero-order valence-corrected chi connectivity index (χ0v) is 15.7. The molecule has 7 heteroatoms. The third-order valence-corrected chi connectivity index (χ3v) is 4.35. The second-order valence-electron chi connectivity index (χ2n) is 6.31. The lowest BCUT2D eigenvalue weighted by molar-refractivity contribution is 0.0203. The van der Waals surface area contributed by atoms with Crippen molar-refractivity contribution < 1.29 is 18.6 Å². The number of hydrogen-bond acceptors (Lipinski definition) is 4. The molecule has 0 atom stereocenters. The van der Waals surface area contributed by atoms with Crippen molar-refractivity contribution in [1.29, 1.82) is 0 Å². The molecule has 146 valence electrons. The molecule has 0 aromatic heterocycles. The second kappa shape index (κ2) is 11.7. The van der Waals surface area contributed by atoms with E-state index >= 15 is 0 Å². The molecule has 0 bridgehead atoms. The van der Waals surface area contributed by atoms with Crippen LogP contribution in [-0.4, -0.2) is 53.1 Å². The standard InChI is InChI=1S/C19H30FN3O3/c1-21-19(23-13-16-4-5-18(24-2)17(20)12-16)22-8-3-9-26-14-15-6-10-25-11-7-15/h4-5,12,15H,3,6-11,13-14H2,1-2H3,(H2,21,22,23). The summed E-state index contributed by atoms with van der Waals surface area (Å²) in [6.07, 6.45) is 3.10. The Morgan fingerprint density at radius 1 is 1.31 bits per heavy atom. The van der Waals surface area contributed by atoms with E-state index in [0.29, 0.717) is 18.4 Å². The largest absolute Gasteiger partial charge is 0.494 e. The lowest BCUT2D eigenvalue weighted by atomic mass is 10.0. The van der Waals surface area contributed by atoms with Crippen molar-refractivity contribution in [2.75, 3.05) is 47.1 Å². The summed E-state index contributed by atoms with van der Waals surface area (Å²) in [7, 11) is 3.17. The fraction of sp³-hybridized carbons (Fsp3) is 0.632. The van der Waals surface area contributed by atoms with E-state index in [9.17, 15) is 4.39 Å². The van der Waals surface area contributed by atoms with Crippen LogP contribution in [-0.2, 0) is 16.0 Å². The van der Waals surface area contributed by atoms with Crippen molar-refractivity contribution in [3.8, 4) is 5.75 Å². The highest BCUT2D eigenvalue weighted by molar-refractivity contribution is 5.79. The number of nitrogens with one attached hydrogen (secondary N) is 2. The first-order valence-corrected chi connectivity index (χ1v) is 9.15. The smallest absolute Gasteiger partial charge is 0.191 e. The van der Waals surface area contributed by atoms with Crippen LogP contribution < -0.4 is 15.4 Å². The summed E-state index contributed by atoms with van der Waals surface area (Å²) >= 11 is 0. The Hall–Kier alpha value is -1.86. The quantitative estimate of drug-likeness (QED) is 0.398. The van der Waals surface area contributed by atoms with E-state index in [1.165, 1.54) is 13.2 Å². The molecule has 2 N–H and O–H groups in total. The first-order chi connectivity index (χ1) is 12.7. The molecule has 0 aliphatic carbocycles. The van der Waals surface area contributed by atoms with Gasteiger partial charge in [-0.1, -0.05) is 6.07 Å². The van der Waals surface area contributed by atoms with Gasteiger partial charge in [-0.15, -0.1) is 0 Å². The number of guanidine groups is 1. The summed E-state index contributed by atoms with van der Waals surface area (Å²) in [5.41, 5.74) is 0.825. The lowest BCUT2D eigenvalue weighted by Gasteiger charge is -2.21. The highest BCUT2D eigenvalue weighted by Crippen LogP contribution is 2.17. The summed E-state index contributed by atoms with van der Waals surface area (Å²) in [5.74, 6) is 1.20. The van der Waals surface area contributed by atoms with Crippen molar-refractivity contribution in [1.82, 2.24) is 10.6 Å². The van der Waals surface area contributed by atoms with Gasteiger partial charge in [-0.05, 0) is 42.9 Å². The van der Waals surface area contributed by atoms with Crippen LogP contribution in [0.5, 0.6) is 5.75 Å². The predicted octanol–water partition coefficient (Wildman–Crippen LogP) is 2.33. The molecular weight excluding hydrogens is 337 g/mol. The Morgan fingerprint density at radius 3 is 2.81 bits per heavy atom. The molecule has 6 nitrogen and oxygen atoms in total. The van der Waals surface area contributed by atoms with Crippen LogP contribution in [0.15, 0.2) is 23.2 Å². The van der Waals surface area contributed by atoms with Gasteiger partial charge in [0.2, 0.25) is 0 Å². The minimum atomic E-state index is -0.364. The first-order valence-electron chi connectivity index (χ1n) is 9.15. The van der Waals surface area contributed by atoms with Crippen molar-refractivity contribution in [3.63, 3.8) is 0 Å². The third-order valence-electron chi connectivity index (χ3n) is 4.35. The molecule has 26 heavy (non-hydrogen) atoms. The lowest BCUT2D eigenvalue weighted by Crippen LogP contribution is -2.37. The van der Waals surface area contributed by atoms with Crippen LogP contribution in [0.4, 0.5) is 4.39 Å². The van der Waals surface area contributed by atoms with E-state index in [2.05, 4.69) is 15.6 Å². The normalized spacial score (nSPS) is 15.7. The van der Waals surface area contributed by atoms with Crippen molar-refractivity contribution in [2.24, 2.45) is 10.9 Å². The molecule has 1 heterocycles. The topological polar surface area (TPSA) is 64.1 Å². The number of aliphatic imine (C=N–C) groups is 1. The van der Waals surface area contributed by atoms with Crippen LogP contribution >= 0.6 is 0 Å². The molecule has 0 unspecified atom stereocenters. The molecule has 1 aromatic rings. The minimum Gasteiger partial charge on any atom is -0.494 e. The van der Waals surface area contributed by atoms with E-state index in [-0.39, 0.29) is 11.6 Å². The average Bonchev–Trinajstić information content (AvgIpc) is 2.67. The van der Waals surface area contributed by atoms with Gasteiger partial charge >= 0.3 is 0 Å². The Labute approximate surface area is 155 Å². The van der Waals surface area contributed by atoms with Gasteiger partial charge in [0, 0.05) is 46.6 Å². The SMILES string of the molecule is CN=C(NCCCOCC1CCOCC1)NCc1ccc(OC)c(F)c1. The number of benzene rings is 1. The maximum Gasteiger partial charge on any atom is 0.191 e. The molecule has 0 spiro atoms. The Kier molecular flexibility index (Phi) is 9.20. The number of methoxy groups -OCH3 is 1. The fourth-order valence-corrected chi connectivity index (χ4v) is 2.77. The van der Waals surface area contributed by atoms with Gasteiger partial charge in [0.1, 0.15) is 0 Å². The van der Waals surface area contributed by atoms with E-state index in [1.54, 1.807) is 13.1 Å². The van der Waals surface area contributed by atoms with Crippen LogP contribution in [0.25, 0.3) is 0 Å². The summed E-state index contributed by atoms with van der Waals surface area (Å²) in [6, 6.07) is 4.91. The minimum absolute atomic E-state index is 0.247. The Balaban J connectivity index is 1.58. The van der Waals surface area contributed by atoms with Crippen LogP contribution in [0.1, 0.15) is 24.8 Å². The molecule has 1 aromatic carbocycles. The molecule has 0 saturated carbocycles. The van der Waals surface area contributed by atoms with E-state index in [4.69, 9.17) is 14.2 Å². The monoisotopic (exact) mass is 367 g/mol. The average molecular weight is 367 g/mol. The number of hydrogen-bond donors (Lipinski definition) is 2. The van der Waals surface area contributed by atoms with E-state index in [1.807, 2.05) is 6.07 Å². The van der Waals surface area contributed by atoms with Crippen LogP contribution in [0.3, 0.4) is 0 Å². The molecule has 0 amide bonds. The maximum absolute atomic E-state index is 13.7. The maximum atomic E-state index is 13.7. The summed E-state index contributed by atoms with van der Waals surface area (Å²) in [6.45, 7) is 4.51. The van der Waals surface area contributed by atoms with Gasteiger partial charge in [-0.3, -0.25) is 4.99 Å². The second-order valence-corrected chi connectivity index (χ2v) is 6.31. The van der Waals surface area contributed by atoms with Gasteiger partial charge in [0.15, 0.2) is 17.5 Å². The molecule has 1 aliphatic heterocycles. The first kappa shape index (κ1) is 20.5. The molecule has 1 fully saturated rings.